The van der Waals surface area contributed by atoms with E-state index in [9.17, 15) is 0 Å². The van der Waals surface area contributed by atoms with Gasteiger partial charge in [-0.2, -0.15) is 5.10 Å². The molecule has 5 nitrogen and oxygen atoms in total. The molecule has 21 heavy (non-hydrogen) atoms. The summed E-state index contributed by atoms with van der Waals surface area (Å²) in [6, 6.07) is 0.460. The van der Waals surface area contributed by atoms with Gasteiger partial charge in [-0.3, -0.25) is 4.68 Å². The highest BCUT2D eigenvalue weighted by molar-refractivity contribution is 5.86. The molecule has 2 aromatic rings. The maximum absolute atomic E-state index is 4.49. The molecule has 1 N–H and O–H groups in total. The topological polar surface area (TPSA) is 55.6 Å². The van der Waals surface area contributed by atoms with E-state index in [4.69, 9.17) is 0 Å². The van der Waals surface area contributed by atoms with Crippen molar-refractivity contribution >= 4 is 16.9 Å². The number of anilines is 1. The summed E-state index contributed by atoms with van der Waals surface area (Å²) in [5, 5.41) is 9.08. The zero-order valence-corrected chi connectivity index (χ0v) is 13.2. The summed E-state index contributed by atoms with van der Waals surface area (Å²) in [7, 11) is 1.92. The van der Waals surface area contributed by atoms with Gasteiger partial charge in [-0.15, -0.1) is 0 Å². The normalized spacial score (nSPS) is 33.7. The minimum atomic E-state index is 0.312. The van der Waals surface area contributed by atoms with Crippen molar-refractivity contribution < 1.29 is 0 Å². The van der Waals surface area contributed by atoms with Crippen molar-refractivity contribution in [2.24, 2.45) is 23.8 Å². The molecule has 2 aliphatic carbocycles. The molecule has 0 amide bonds. The zero-order chi connectivity index (χ0) is 14.8. The van der Waals surface area contributed by atoms with E-state index in [1.807, 2.05) is 13.2 Å². The molecule has 2 bridgehead atoms. The highest BCUT2D eigenvalue weighted by Crippen LogP contribution is 2.63. The molecule has 5 heteroatoms. The van der Waals surface area contributed by atoms with E-state index in [2.05, 4.69) is 41.2 Å². The van der Waals surface area contributed by atoms with E-state index in [-0.39, 0.29) is 0 Å². The van der Waals surface area contributed by atoms with Crippen molar-refractivity contribution in [3.63, 3.8) is 0 Å². The maximum atomic E-state index is 4.49. The van der Waals surface area contributed by atoms with Crippen LogP contribution in [0.15, 0.2) is 12.5 Å². The number of nitrogens with zero attached hydrogens (tertiary/aromatic N) is 4. The number of nitrogens with one attached hydrogen (secondary N) is 1. The van der Waals surface area contributed by atoms with Crippen molar-refractivity contribution in [2.75, 3.05) is 5.32 Å². The number of aromatic nitrogens is 4. The lowest BCUT2D eigenvalue weighted by Crippen LogP contribution is -2.46. The van der Waals surface area contributed by atoms with Gasteiger partial charge in [0.1, 0.15) is 12.1 Å². The van der Waals surface area contributed by atoms with Gasteiger partial charge in [0.2, 0.25) is 0 Å². The van der Waals surface area contributed by atoms with Crippen LogP contribution >= 0.6 is 0 Å². The van der Waals surface area contributed by atoms with Crippen molar-refractivity contribution in [1.29, 1.82) is 0 Å². The molecule has 0 radical (unpaired) electrons. The first-order valence-corrected chi connectivity index (χ1v) is 7.81. The van der Waals surface area contributed by atoms with Crippen LogP contribution in [-0.2, 0) is 7.05 Å². The van der Waals surface area contributed by atoms with Crippen molar-refractivity contribution in [3.05, 3.63) is 12.5 Å². The molecule has 112 valence electrons. The first kappa shape index (κ1) is 13.0. The van der Waals surface area contributed by atoms with Crippen LogP contribution in [0.4, 0.5) is 5.82 Å². The molecule has 2 heterocycles. The van der Waals surface area contributed by atoms with Crippen molar-refractivity contribution in [2.45, 2.75) is 46.1 Å². The van der Waals surface area contributed by atoms with E-state index < -0.39 is 0 Å². The number of hydrogen-bond donors (Lipinski definition) is 1. The van der Waals surface area contributed by atoms with E-state index in [0.717, 1.165) is 22.8 Å². The molecule has 4 rings (SSSR count). The Hall–Kier alpha value is -1.65. The average molecular weight is 285 g/mol. The first-order chi connectivity index (χ1) is 9.92. The molecule has 0 saturated heterocycles. The summed E-state index contributed by atoms with van der Waals surface area (Å²) in [6.45, 7) is 7.24. The van der Waals surface area contributed by atoms with E-state index >= 15 is 0 Å². The smallest absolute Gasteiger partial charge is 0.163 e. The van der Waals surface area contributed by atoms with Crippen LogP contribution in [0.25, 0.3) is 11.0 Å². The lowest BCUT2D eigenvalue weighted by atomic mass is 9.68. The number of fused-ring (bicyclic) bond motifs is 3. The van der Waals surface area contributed by atoms with Crippen LogP contribution in [-0.4, -0.2) is 25.8 Å². The largest absolute Gasteiger partial charge is 0.366 e. The Morgan fingerprint density at radius 3 is 2.81 bits per heavy atom. The zero-order valence-electron chi connectivity index (χ0n) is 13.2. The van der Waals surface area contributed by atoms with E-state index in [1.54, 1.807) is 11.0 Å². The molecular formula is C16H23N5. The Kier molecular flexibility index (Phi) is 2.46. The van der Waals surface area contributed by atoms with Crippen LogP contribution in [0.2, 0.25) is 0 Å². The van der Waals surface area contributed by atoms with Crippen molar-refractivity contribution in [3.8, 4) is 0 Å². The van der Waals surface area contributed by atoms with Gasteiger partial charge in [-0.1, -0.05) is 20.8 Å². The minimum absolute atomic E-state index is 0.312. The van der Waals surface area contributed by atoms with Crippen molar-refractivity contribution in [1.82, 2.24) is 19.7 Å². The lowest BCUT2D eigenvalue weighted by Gasteiger charge is -2.43. The fourth-order valence-corrected chi connectivity index (χ4v) is 4.88. The van der Waals surface area contributed by atoms with Gasteiger partial charge in [0.15, 0.2) is 5.65 Å². The molecule has 0 aromatic carbocycles. The summed E-state index contributed by atoms with van der Waals surface area (Å²) >= 11 is 0. The summed E-state index contributed by atoms with van der Waals surface area (Å²) in [5.74, 6) is 1.76. The highest BCUT2D eigenvalue weighted by atomic mass is 15.3. The van der Waals surface area contributed by atoms with Gasteiger partial charge in [0, 0.05) is 13.1 Å². The molecular weight excluding hydrogens is 262 g/mol. The minimum Gasteiger partial charge on any atom is -0.366 e. The van der Waals surface area contributed by atoms with Gasteiger partial charge in [-0.25, -0.2) is 9.97 Å². The third-order valence-corrected chi connectivity index (χ3v) is 6.08. The van der Waals surface area contributed by atoms with Crippen LogP contribution in [0.5, 0.6) is 0 Å². The second kappa shape index (κ2) is 3.96. The Morgan fingerprint density at radius 1 is 1.29 bits per heavy atom. The van der Waals surface area contributed by atoms with Gasteiger partial charge in [-0.05, 0) is 36.0 Å². The third-order valence-electron chi connectivity index (χ3n) is 6.08. The van der Waals surface area contributed by atoms with E-state index in [1.165, 1.54) is 19.3 Å². The fraction of sp³-hybridized carbons (Fsp3) is 0.688. The quantitative estimate of drug-likeness (QED) is 0.921. The van der Waals surface area contributed by atoms with Gasteiger partial charge in [0.25, 0.3) is 0 Å². The summed E-state index contributed by atoms with van der Waals surface area (Å²) in [4.78, 5) is 8.82. The van der Waals surface area contributed by atoms with Crippen LogP contribution < -0.4 is 5.32 Å². The molecule has 0 spiro atoms. The molecule has 3 atom stereocenters. The van der Waals surface area contributed by atoms with Crippen LogP contribution in [0, 0.1) is 16.7 Å². The number of aryl methyl sites for hydroxylation is 1. The average Bonchev–Trinajstić information content (AvgIpc) is 3.05. The maximum Gasteiger partial charge on any atom is 0.163 e. The predicted octanol–water partition coefficient (Wildman–Crippen LogP) is 2.99. The number of hydrogen-bond acceptors (Lipinski definition) is 4. The summed E-state index contributed by atoms with van der Waals surface area (Å²) < 4.78 is 1.80. The molecule has 2 fully saturated rings. The Morgan fingerprint density at radius 2 is 2.10 bits per heavy atom. The van der Waals surface area contributed by atoms with Gasteiger partial charge >= 0.3 is 0 Å². The van der Waals surface area contributed by atoms with Gasteiger partial charge < -0.3 is 5.32 Å². The Bertz CT molecular complexity index is 699. The second-order valence-corrected chi connectivity index (χ2v) is 7.72. The standard InChI is InChI=1S/C16H23N5/c1-15(2)10-5-6-16(3,7-10)14(15)20-12-11-8-19-21(4)13(11)18-9-17-12/h8-10,14H,5-7H2,1-4H3,(H,17,18,20). The summed E-state index contributed by atoms with van der Waals surface area (Å²) in [6.07, 6.45) is 7.52. The molecule has 2 saturated carbocycles. The highest BCUT2D eigenvalue weighted by Gasteiger charge is 2.59. The van der Waals surface area contributed by atoms with Gasteiger partial charge in [0.05, 0.1) is 11.6 Å². The SMILES string of the molecule is Cn1ncc2c(NC3C4(C)CCC(C4)C3(C)C)ncnc21. The lowest BCUT2D eigenvalue weighted by molar-refractivity contribution is 0.155. The molecule has 2 aromatic heterocycles. The van der Waals surface area contributed by atoms with E-state index in [0.29, 0.717) is 16.9 Å². The predicted molar refractivity (Wildman–Crippen MR) is 82.9 cm³/mol. The fourth-order valence-electron chi connectivity index (χ4n) is 4.88. The second-order valence-electron chi connectivity index (χ2n) is 7.72. The Balaban J connectivity index is 1.75. The van der Waals surface area contributed by atoms with Crippen LogP contribution in [0.1, 0.15) is 40.0 Å². The third kappa shape index (κ3) is 1.66. The monoisotopic (exact) mass is 285 g/mol. The number of rotatable bonds is 2. The summed E-state index contributed by atoms with van der Waals surface area (Å²) in [5.41, 5.74) is 1.58. The molecule has 3 unspecified atom stereocenters. The van der Waals surface area contributed by atoms with Crippen LogP contribution in [0.3, 0.4) is 0 Å². The Labute approximate surface area is 125 Å². The molecule has 0 aliphatic heterocycles. The molecule has 2 aliphatic rings. The first-order valence-electron chi connectivity index (χ1n) is 7.81.